The predicted molar refractivity (Wildman–Crippen MR) is 152 cm³/mol. The van der Waals surface area contributed by atoms with Crippen molar-refractivity contribution in [2.75, 3.05) is 38.9 Å². The summed E-state index contributed by atoms with van der Waals surface area (Å²) in [5.41, 5.74) is 6.82. The minimum Gasteiger partial charge on any atom is -0.462 e. The highest BCUT2D eigenvalue weighted by Crippen LogP contribution is 2.55. The molecule has 1 saturated carbocycles. The van der Waals surface area contributed by atoms with Gasteiger partial charge in [0.2, 0.25) is 5.91 Å². The molecule has 1 saturated heterocycles. The van der Waals surface area contributed by atoms with Gasteiger partial charge in [-0.25, -0.2) is 9.59 Å². The van der Waals surface area contributed by atoms with Gasteiger partial charge < -0.3 is 35.3 Å². The second-order valence-electron chi connectivity index (χ2n) is 11.5. The summed E-state index contributed by atoms with van der Waals surface area (Å²) in [5.74, 6) is -0.161. The van der Waals surface area contributed by atoms with Crippen LogP contribution in [0.15, 0.2) is 11.6 Å². The summed E-state index contributed by atoms with van der Waals surface area (Å²) >= 11 is 1.60. The van der Waals surface area contributed by atoms with Gasteiger partial charge >= 0.3 is 12.1 Å². The lowest BCUT2D eigenvalue weighted by atomic mass is 9.61. The molecular weight excluding hydrogens is 522 g/mol. The van der Waals surface area contributed by atoms with Crippen LogP contribution in [0.4, 0.5) is 4.79 Å². The molecule has 2 amide bonds. The van der Waals surface area contributed by atoms with E-state index in [1.165, 1.54) is 12.5 Å². The third-order valence-electron chi connectivity index (χ3n) is 7.64. The number of amides is 2. The third-order valence-corrected chi connectivity index (χ3v) is 8.28. The van der Waals surface area contributed by atoms with Crippen LogP contribution in [-0.4, -0.2) is 86.7 Å². The predicted octanol–water partition coefficient (Wildman–Crippen LogP) is 3.18. The topological polar surface area (TPSA) is 142 Å². The van der Waals surface area contributed by atoms with Gasteiger partial charge in [-0.2, -0.15) is 11.8 Å². The van der Waals surface area contributed by atoms with Crippen molar-refractivity contribution >= 4 is 29.7 Å². The zero-order chi connectivity index (χ0) is 29.2. The molecule has 1 aliphatic carbocycles. The van der Waals surface area contributed by atoms with E-state index in [1.807, 2.05) is 6.26 Å². The lowest BCUT2D eigenvalue weighted by Gasteiger charge is -2.48. The fourth-order valence-electron chi connectivity index (χ4n) is 5.46. The van der Waals surface area contributed by atoms with Crippen molar-refractivity contribution in [3.8, 4) is 0 Å². The minimum absolute atomic E-state index is 0.0536. The summed E-state index contributed by atoms with van der Waals surface area (Å²) in [7, 11) is 1.66. The molecule has 0 bridgehead atoms. The number of nitrogens with two attached hydrogens (primary N) is 1. The van der Waals surface area contributed by atoms with Crippen molar-refractivity contribution in [1.82, 2.24) is 10.6 Å². The molecule has 2 rings (SSSR count). The SMILES string of the molecule is CO[C@H]1[C@H](C(C)(C)CCC=C(C)C)[C@]2(CC[C@H]1OC(=O)NCCOC(=O)[C@H](C)NC(=O)[C@@H](N)CCSC)CO2. The number of ether oxygens (including phenoxy) is 4. The summed E-state index contributed by atoms with van der Waals surface area (Å²) < 4.78 is 22.9. The van der Waals surface area contributed by atoms with Crippen LogP contribution in [0.25, 0.3) is 0 Å². The highest BCUT2D eigenvalue weighted by atomic mass is 32.2. The first-order valence-corrected chi connectivity index (χ1v) is 15.2. The first-order chi connectivity index (χ1) is 18.4. The van der Waals surface area contributed by atoms with E-state index in [0.29, 0.717) is 19.4 Å². The molecule has 1 spiro atoms. The molecule has 11 heteroatoms. The number of methoxy groups -OCH3 is 1. The molecule has 0 radical (unpaired) electrons. The fraction of sp³-hybridized carbons (Fsp3) is 0.821. The number of hydrogen-bond acceptors (Lipinski definition) is 9. The van der Waals surface area contributed by atoms with Crippen LogP contribution in [0, 0.1) is 11.3 Å². The molecule has 1 heterocycles. The maximum atomic E-state index is 12.6. The smallest absolute Gasteiger partial charge is 0.407 e. The first kappa shape index (κ1) is 33.4. The summed E-state index contributed by atoms with van der Waals surface area (Å²) in [5, 5.41) is 5.21. The maximum Gasteiger partial charge on any atom is 0.407 e. The number of allylic oxidation sites excluding steroid dienone is 2. The largest absolute Gasteiger partial charge is 0.462 e. The molecule has 0 aromatic carbocycles. The number of rotatable bonds is 15. The van der Waals surface area contributed by atoms with Gasteiger partial charge in [-0.15, -0.1) is 0 Å². The second-order valence-corrected chi connectivity index (χ2v) is 12.5. The van der Waals surface area contributed by atoms with Gasteiger partial charge in [-0.3, -0.25) is 4.79 Å². The Morgan fingerprint density at radius 3 is 2.56 bits per heavy atom. The van der Waals surface area contributed by atoms with Gasteiger partial charge in [0.1, 0.15) is 24.9 Å². The second kappa shape index (κ2) is 15.3. The summed E-state index contributed by atoms with van der Waals surface area (Å²) in [6.07, 6.45) is 6.81. The Kier molecular flexibility index (Phi) is 13.1. The van der Waals surface area contributed by atoms with E-state index in [9.17, 15) is 14.4 Å². The van der Waals surface area contributed by atoms with Crippen molar-refractivity contribution in [2.24, 2.45) is 17.1 Å². The first-order valence-electron chi connectivity index (χ1n) is 13.8. The zero-order valence-electron chi connectivity index (χ0n) is 24.7. The molecule has 0 aromatic rings. The van der Waals surface area contributed by atoms with Gasteiger partial charge in [0.25, 0.3) is 0 Å². The van der Waals surface area contributed by atoms with E-state index >= 15 is 0 Å². The highest BCUT2D eigenvalue weighted by Gasteiger charge is 2.63. The molecule has 4 N–H and O–H groups in total. The van der Waals surface area contributed by atoms with E-state index in [2.05, 4.69) is 44.4 Å². The molecule has 10 nitrogen and oxygen atoms in total. The van der Waals surface area contributed by atoms with Crippen LogP contribution >= 0.6 is 11.8 Å². The number of carbonyl (C=O) groups is 3. The van der Waals surface area contributed by atoms with Gasteiger partial charge in [0.15, 0.2) is 0 Å². The molecule has 1 aliphatic heterocycles. The quantitative estimate of drug-likeness (QED) is 0.117. The monoisotopic (exact) mass is 571 g/mol. The van der Waals surface area contributed by atoms with Crippen molar-refractivity contribution in [2.45, 2.75) is 96.6 Å². The Labute approximate surface area is 237 Å². The maximum absolute atomic E-state index is 12.6. The Balaban J connectivity index is 1.82. The van der Waals surface area contributed by atoms with E-state index in [1.54, 1.807) is 18.9 Å². The zero-order valence-corrected chi connectivity index (χ0v) is 25.5. The van der Waals surface area contributed by atoms with Crippen LogP contribution in [0.3, 0.4) is 0 Å². The molecule has 2 fully saturated rings. The third kappa shape index (κ3) is 9.95. The van der Waals surface area contributed by atoms with Crippen LogP contribution in [0.2, 0.25) is 0 Å². The van der Waals surface area contributed by atoms with E-state index in [0.717, 1.165) is 25.0 Å². The van der Waals surface area contributed by atoms with Crippen LogP contribution in [0.1, 0.15) is 66.7 Å². The number of carbonyl (C=O) groups excluding carboxylic acids is 3. The highest BCUT2D eigenvalue weighted by molar-refractivity contribution is 7.98. The lowest BCUT2D eigenvalue weighted by molar-refractivity contribution is -0.147. The number of hydrogen-bond donors (Lipinski definition) is 3. The van der Waals surface area contributed by atoms with Gasteiger partial charge in [-0.05, 0) is 70.3 Å². The number of nitrogens with one attached hydrogen (secondary N) is 2. The number of esters is 1. The summed E-state index contributed by atoms with van der Waals surface area (Å²) in [6, 6.07) is -1.52. The van der Waals surface area contributed by atoms with Crippen molar-refractivity contribution in [3.63, 3.8) is 0 Å². The van der Waals surface area contributed by atoms with E-state index < -0.39 is 36.2 Å². The molecule has 0 unspecified atom stereocenters. The van der Waals surface area contributed by atoms with Gasteiger partial charge in [-0.1, -0.05) is 25.5 Å². The van der Waals surface area contributed by atoms with Gasteiger partial charge in [0, 0.05) is 13.0 Å². The number of epoxide rings is 1. The normalized spacial score (nSPS) is 25.8. The van der Waals surface area contributed by atoms with Gasteiger partial charge in [0.05, 0.1) is 24.8 Å². The van der Waals surface area contributed by atoms with Crippen LogP contribution in [0.5, 0.6) is 0 Å². The number of thioether (sulfide) groups is 1. The van der Waals surface area contributed by atoms with Crippen LogP contribution < -0.4 is 16.4 Å². The molecule has 6 atom stereocenters. The van der Waals surface area contributed by atoms with Crippen molar-refractivity contribution in [1.29, 1.82) is 0 Å². The lowest BCUT2D eigenvalue weighted by Crippen LogP contribution is -2.55. The Bertz CT molecular complexity index is 858. The number of alkyl carbamates (subject to hydrolysis) is 1. The fourth-order valence-corrected chi connectivity index (χ4v) is 5.95. The standard InChI is InChI=1S/C28H49N3O7S/c1-18(2)9-8-12-27(4,5)23-22(35-6)21(10-13-28(23)17-37-28)38-26(34)30-14-15-36-25(33)19(3)31-24(32)20(29)11-16-39-7/h9,19-23H,8,10-17,29H2,1-7H3,(H,30,34)(H,31,32)/t19-,20-,21+,22+,23+,28-/m0/s1. The average Bonchev–Trinajstić information content (AvgIpc) is 3.64. The molecule has 0 aromatic heterocycles. The molecular formula is C28H49N3O7S. The Hall–Kier alpha value is -1.82. The molecule has 224 valence electrons. The molecule has 39 heavy (non-hydrogen) atoms. The van der Waals surface area contributed by atoms with Crippen molar-refractivity contribution < 1.29 is 33.3 Å². The van der Waals surface area contributed by atoms with E-state index in [4.69, 9.17) is 24.7 Å². The van der Waals surface area contributed by atoms with E-state index in [-0.39, 0.29) is 36.2 Å². The molecule has 2 aliphatic rings. The Morgan fingerprint density at radius 1 is 1.28 bits per heavy atom. The average molecular weight is 572 g/mol. The summed E-state index contributed by atoms with van der Waals surface area (Å²) in [4.78, 5) is 36.9. The van der Waals surface area contributed by atoms with Crippen LogP contribution in [-0.2, 0) is 28.5 Å². The Morgan fingerprint density at radius 2 is 1.97 bits per heavy atom. The minimum atomic E-state index is -0.844. The summed E-state index contributed by atoms with van der Waals surface area (Å²) in [6.45, 7) is 10.9. The van der Waals surface area contributed by atoms with Crippen molar-refractivity contribution in [3.05, 3.63) is 11.6 Å².